The maximum Gasteiger partial charge on any atom is 0.134 e. The summed E-state index contributed by atoms with van der Waals surface area (Å²) in [6, 6.07) is 5.22. The van der Waals surface area contributed by atoms with Crippen molar-refractivity contribution in [1.82, 2.24) is 0 Å². The van der Waals surface area contributed by atoms with Crippen LogP contribution in [-0.4, -0.2) is 19.3 Å². The zero-order valence-corrected chi connectivity index (χ0v) is 9.04. The number of alkyl halides is 1. The minimum atomic E-state index is -0.698. The minimum absolute atomic E-state index is 0.660. The zero-order valence-electron chi connectivity index (χ0n) is 7.45. The summed E-state index contributed by atoms with van der Waals surface area (Å²) in [4.78, 5) is 0. The molecule has 1 unspecified atom stereocenters. The van der Waals surface area contributed by atoms with E-state index < -0.39 is 5.01 Å². The fraction of sp³-hybridized carbons (Fsp3) is 0.333. The standard InChI is InChI=1S/C9H11BrO3/c1-12-7-3-6(9(10)11)4-8(5-7)13-2/h3-5,9,11H,1-2H3. The van der Waals surface area contributed by atoms with Gasteiger partial charge in [-0.2, -0.15) is 0 Å². The molecule has 0 aliphatic rings. The fourth-order valence-corrected chi connectivity index (χ4v) is 1.23. The van der Waals surface area contributed by atoms with Gasteiger partial charge in [-0.3, -0.25) is 0 Å². The topological polar surface area (TPSA) is 38.7 Å². The van der Waals surface area contributed by atoms with Gasteiger partial charge in [-0.25, -0.2) is 0 Å². The van der Waals surface area contributed by atoms with Crippen molar-refractivity contribution in [2.24, 2.45) is 0 Å². The minimum Gasteiger partial charge on any atom is -0.497 e. The Bertz CT molecular complexity index is 264. The van der Waals surface area contributed by atoms with Crippen molar-refractivity contribution in [2.45, 2.75) is 5.01 Å². The lowest BCUT2D eigenvalue weighted by atomic mass is 10.2. The number of rotatable bonds is 3. The summed E-state index contributed by atoms with van der Waals surface area (Å²) >= 11 is 3.05. The third-order valence-electron chi connectivity index (χ3n) is 1.65. The summed E-state index contributed by atoms with van der Waals surface area (Å²) in [6.07, 6.45) is 0. The predicted molar refractivity (Wildman–Crippen MR) is 53.4 cm³/mol. The van der Waals surface area contributed by atoms with Crippen LogP contribution in [0.25, 0.3) is 0 Å². The van der Waals surface area contributed by atoms with Crippen molar-refractivity contribution < 1.29 is 14.6 Å². The molecule has 13 heavy (non-hydrogen) atoms. The molecule has 0 aliphatic heterocycles. The van der Waals surface area contributed by atoms with Gasteiger partial charge in [-0.05, 0) is 17.7 Å². The van der Waals surface area contributed by atoms with Crippen LogP contribution in [0, 0.1) is 0 Å². The number of aliphatic hydroxyl groups excluding tert-OH is 1. The normalized spacial score (nSPS) is 12.3. The summed E-state index contributed by atoms with van der Waals surface area (Å²) in [6.45, 7) is 0. The lowest BCUT2D eigenvalue weighted by Crippen LogP contribution is -1.92. The first-order valence-corrected chi connectivity index (χ1v) is 4.64. The number of ether oxygens (including phenoxy) is 2. The molecule has 0 aromatic heterocycles. The van der Waals surface area contributed by atoms with E-state index in [0.717, 1.165) is 0 Å². The Hall–Kier alpha value is -0.740. The molecular formula is C9H11BrO3. The highest BCUT2D eigenvalue weighted by molar-refractivity contribution is 9.09. The van der Waals surface area contributed by atoms with E-state index in [2.05, 4.69) is 15.9 Å². The van der Waals surface area contributed by atoms with Gasteiger partial charge in [0.25, 0.3) is 0 Å². The quantitative estimate of drug-likeness (QED) is 0.831. The average Bonchev–Trinajstić information content (AvgIpc) is 2.16. The zero-order chi connectivity index (χ0) is 9.84. The first-order valence-electron chi connectivity index (χ1n) is 3.72. The smallest absolute Gasteiger partial charge is 0.134 e. The Morgan fingerprint density at radius 1 is 1.15 bits per heavy atom. The number of halogens is 1. The molecule has 0 radical (unpaired) electrons. The largest absolute Gasteiger partial charge is 0.497 e. The first-order chi connectivity index (χ1) is 6.17. The van der Waals surface area contributed by atoms with Crippen molar-refractivity contribution in [3.8, 4) is 11.5 Å². The van der Waals surface area contributed by atoms with Gasteiger partial charge in [-0.1, -0.05) is 15.9 Å². The first kappa shape index (κ1) is 10.3. The van der Waals surface area contributed by atoms with E-state index in [-0.39, 0.29) is 0 Å². The second-order valence-corrected chi connectivity index (χ2v) is 3.35. The molecule has 0 bridgehead atoms. The molecule has 0 aliphatic carbocycles. The highest BCUT2D eigenvalue weighted by Gasteiger charge is 2.06. The van der Waals surface area contributed by atoms with Gasteiger partial charge in [0, 0.05) is 6.07 Å². The van der Waals surface area contributed by atoms with Gasteiger partial charge in [0.1, 0.15) is 16.5 Å². The summed E-state index contributed by atoms with van der Waals surface area (Å²) in [5.41, 5.74) is 0.705. The van der Waals surface area contributed by atoms with Gasteiger partial charge in [0.05, 0.1) is 14.2 Å². The molecule has 1 rings (SSSR count). The Morgan fingerprint density at radius 2 is 1.62 bits per heavy atom. The second kappa shape index (κ2) is 4.48. The molecule has 3 nitrogen and oxygen atoms in total. The molecular weight excluding hydrogens is 236 g/mol. The van der Waals surface area contributed by atoms with E-state index in [1.807, 2.05) is 0 Å². The molecule has 0 amide bonds. The van der Waals surface area contributed by atoms with Crippen LogP contribution in [0.3, 0.4) is 0 Å². The van der Waals surface area contributed by atoms with Crippen LogP contribution in [0.4, 0.5) is 0 Å². The van der Waals surface area contributed by atoms with Gasteiger partial charge < -0.3 is 14.6 Å². The predicted octanol–water partition coefficient (Wildman–Crippen LogP) is 2.09. The van der Waals surface area contributed by atoms with Gasteiger partial charge in [0.15, 0.2) is 0 Å². The van der Waals surface area contributed by atoms with Crippen molar-refractivity contribution >= 4 is 15.9 Å². The van der Waals surface area contributed by atoms with E-state index in [9.17, 15) is 5.11 Å². The molecule has 1 aromatic rings. The maximum atomic E-state index is 9.27. The lowest BCUT2D eigenvalue weighted by molar-refractivity contribution is 0.275. The summed E-state index contributed by atoms with van der Waals surface area (Å²) in [5.74, 6) is 1.32. The van der Waals surface area contributed by atoms with Gasteiger partial charge in [-0.15, -0.1) is 0 Å². The Morgan fingerprint density at radius 3 is 1.92 bits per heavy atom. The average molecular weight is 247 g/mol. The third kappa shape index (κ3) is 2.60. The molecule has 0 spiro atoms. The third-order valence-corrected chi connectivity index (χ3v) is 2.18. The van der Waals surface area contributed by atoms with Crippen molar-refractivity contribution in [3.63, 3.8) is 0 Å². The molecule has 1 atom stereocenters. The number of methoxy groups -OCH3 is 2. The van der Waals surface area contributed by atoms with Crippen LogP contribution < -0.4 is 9.47 Å². The second-order valence-electron chi connectivity index (χ2n) is 2.48. The molecule has 0 fully saturated rings. The van der Waals surface area contributed by atoms with Crippen LogP contribution in [0.2, 0.25) is 0 Å². The molecule has 1 N–H and O–H groups in total. The number of aliphatic hydroxyl groups is 1. The highest BCUT2D eigenvalue weighted by Crippen LogP contribution is 2.28. The molecule has 4 heteroatoms. The van der Waals surface area contributed by atoms with Crippen molar-refractivity contribution in [1.29, 1.82) is 0 Å². The van der Waals surface area contributed by atoms with E-state index in [4.69, 9.17) is 9.47 Å². The van der Waals surface area contributed by atoms with Crippen molar-refractivity contribution in [3.05, 3.63) is 23.8 Å². The molecule has 0 heterocycles. The van der Waals surface area contributed by atoms with Crippen LogP contribution >= 0.6 is 15.9 Å². The van der Waals surface area contributed by atoms with E-state index >= 15 is 0 Å². The Kier molecular flexibility index (Phi) is 3.57. The molecule has 72 valence electrons. The van der Waals surface area contributed by atoms with E-state index in [0.29, 0.717) is 17.1 Å². The Balaban J connectivity index is 3.07. The number of hydrogen-bond donors (Lipinski definition) is 1. The van der Waals surface area contributed by atoms with Crippen LogP contribution in [-0.2, 0) is 0 Å². The molecule has 0 saturated heterocycles. The van der Waals surface area contributed by atoms with Gasteiger partial charge in [0.2, 0.25) is 0 Å². The fourth-order valence-electron chi connectivity index (χ4n) is 0.967. The highest BCUT2D eigenvalue weighted by atomic mass is 79.9. The SMILES string of the molecule is COc1cc(OC)cc(C(O)Br)c1. The van der Waals surface area contributed by atoms with Crippen LogP contribution in [0.1, 0.15) is 10.6 Å². The van der Waals surface area contributed by atoms with E-state index in [1.54, 1.807) is 32.4 Å². The lowest BCUT2D eigenvalue weighted by Gasteiger charge is -2.08. The van der Waals surface area contributed by atoms with Crippen LogP contribution in [0.5, 0.6) is 11.5 Å². The monoisotopic (exact) mass is 246 g/mol. The number of benzene rings is 1. The summed E-state index contributed by atoms with van der Waals surface area (Å²) < 4.78 is 10.1. The summed E-state index contributed by atoms with van der Waals surface area (Å²) in [7, 11) is 3.14. The van der Waals surface area contributed by atoms with E-state index in [1.165, 1.54) is 0 Å². The van der Waals surface area contributed by atoms with Gasteiger partial charge >= 0.3 is 0 Å². The summed E-state index contributed by atoms with van der Waals surface area (Å²) in [5, 5.41) is 8.57. The number of hydrogen-bond acceptors (Lipinski definition) is 3. The maximum absolute atomic E-state index is 9.27. The molecule has 0 saturated carbocycles. The molecule has 1 aromatic carbocycles. The van der Waals surface area contributed by atoms with Crippen LogP contribution in [0.15, 0.2) is 18.2 Å². The Labute approximate surface area is 85.4 Å². The van der Waals surface area contributed by atoms with Crippen molar-refractivity contribution in [2.75, 3.05) is 14.2 Å².